The first kappa shape index (κ1) is 16.9. The van der Waals surface area contributed by atoms with E-state index in [0.29, 0.717) is 16.8 Å². The molecule has 0 unspecified atom stereocenters. The number of hydrogen-bond acceptors (Lipinski definition) is 3. The predicted octanol–water partition coefficient (Wildman–Crippen LogP) is 5.17. The van der Waals surface area contributed by atoms with Crippen molar-refractivity contribution in [2.75, 3.05) is 0 Å². The summed E-state index contributed by atoms with van der Waals surface area (Å²) in [7, 11) is 0. The third-order valence-electron chi connectivity index (χ3n) is 3.58. The van der Waals surface area contributed by atoms with Gasteiger partial charge < -0.3 is 5.11 Å². The van der Waals surface area contributed by atoms with Crippen LogP contribution in [-0.4, -0.2) is 17.1 Å². The number of phenols is 1. The zero-order valence-corrected chi connectivity index (χ0v) is 13.7. The van der Waals surface area contributed by atoms with Crippen molar-refractivity contribution in [3.8, 4) is 5.75 Å². The third-order valence-corrected chi connectivity index (χ3v) is 3.86. The Morgan fingerprint density at radius 2 is 1.64 bits per heavy atom. The van der Waals surface area contributed by atoms with E-state index in [1.807, 2.05) is 18.2 Å². The van der Waals surface area contributed by atoms with Gasteiger partial charge in [0.1, 0.15) is 11.6 Å². The van der Waals surface area contributed by atoms with Gasteiger partial charge in [-0.25, -0.2) is 4.39 Å². The fourth-order valence-electron chi connectivity index (χ4n) is 2.28. The number of aliphatic imine (C=N–C) groups is 1. The standard InChI is InChI=1S/C20H13ClFNO2/c21-18-11-16(22)10-15(20(18)25)12-23-17-8-6-14(7-9-17)19(24)13-4-2-1-3-5-13/h1-12,25H. The Hall–Kier alpha value is -2.98. The molecule has 0 heterocycles. The minimum absolute atomic E-state index is 0.0781. The molecular formula is C20H13ClFNO2. The van der Waals surface area contributed by atoms with Crippen LogP contribution in [-0.2, 0) is 0 Å². The van der Waals surface area contributed by atoms with E-state index in [1.54, 1.807) is 36.4 Å². The summed E-state index contributed by atoms with van der Waals surface area (Å²) >= 11 is 5.73. The molecule has 0 aliphatic carbocycles. The largest absolute Gasteiger partial charge is 0.506 e. The van der Waals surface area contributed by atoms with Gasteiger partial charge in [-0.3, -0.25) is 9.79 Å². The average molecular weight is 354 g/mol. The van der Waals surface area contributed by atoms with Gasteiger partial charge in [0.25, 0.3) is 0 Å². The molecule has 0 aliphatic heterocycles. The molecule has 3 rings (SSSR count). The summed E-state index contributed by atoms with van der Waals surface area (Å²) in [5, 5.41) is 9.73. The summed E-state index contributed by atoms with van der Waals surface area (Å²) in [6.07, 6.45) is 1.32. The summed E-state index contributed by atoms with van der Waals surface area (Å²) in [5.74, 6) is -0.874. The van der Waals surface area contributed by atoms with E-state index in [9.17, 15) is 14.3 Å². The van der Waals surface area contributed by atoms with E-state index in [0.717, 1.165) is 12.1 Å². The zero-order valence-electron chi connectivity index (χ0n) is 13.0. The number of hydrogen-bond donors (Lipinski definition) is 1. The highest BCUT2D eigenvalue weighted by atomic mass is 35.5. The topological polar surface area (TPSA) is 49.7 Å². The second kappa shape index (κ2) is 7.28. The van der Waals surface area contributed by atoms with E-state index >= 15 is 0 Å². The maximum atomic E-state index is 13.3. The van der Waals surface area contributed by atoms with Crippen LogP contribution in [0.4, 0.5) is 10.1 Å². The van der Waals surface area contributed by atoms with Crippen molar-refractivity contribution in [3.05, 3.63) is 94.3 Å². The molecule has 124 valence electrons. The molecule has 0 spiro atoms. The van der Waals surface area contributed by atoms with Crippen LogP contribution in [0.15, 0.2) is 71.7 Å². The van der Waals surface area contributed by atoms with Crippen LogP contribution in [0.25, 0.3) is 0 Å². The highest BCUT2D eigenvalue weighted by Gasteiger charge is 2.09. The maximum absolute atomic E-state index is 13.3. The summed E-state index contributed by atoms with van der Waals surface area (Å²) in [6, 6.07) is 17.8. The van der Waals surface area contributed by atoms with Gasteiger partial charge in [0, 0.05) is 22.9 Å². The van der Waals surface area contributed by atoms with Gasteiger partial charge in [-0.1, -0.05) is 41.9 Å². The van der Waals surface area contributed by atoms with E-state index in [1.165, 1.54) is 6.21 Å². The molecule has 0 radical (unpaired) electrons. The molecule has 5 heteroatoms. The summed E-state index contributed by atoms with van der Waals surface area (Å²) < 4.78 is 13.3. The van der Waals surface area contributed by atoms with Crippen LogP contribution in [0.1, 0.15) is 21.5 Å². The highest BCUT2D eigenvalue weighted by molar-refractivity contribution is 6.32. The van der Waals surface area contributed by atoms with Crippen LogP contribution in [0.5, 0.6) is 5.75 Å². The smallest absolute Gasteiger partial charge is 0.193 e. The first-order chi connectivity index (χ1) is 12.0. The lowest BCUT2D eigenvalue weighted by Crippen LogP contribution is -2.00. The molecule has 25 heavy (non-hydrogen) atoms. The fourth-order valence-corrected chi connectivity index (χ4v) is 2.50. The van der Waals surface area contributed by atoms with Gasteiger partial charge >= 0.3 is 0 Å². The van der Waals surface area contributed by atoms with Gasteiger partial charge in [-0.05, 0) is 36.4 Å². The van der Waals surface area contributed by atoms with Crippen LogP contribution in [0.3, 0.4) is 0 Å². The molecule has 0 aliphatic rings. The van der Waals surface area contributed by atoms with E-state index < -0.39 is 5.82 Å². The van der Waals surface area contributed by atoms with Crippen molar-refractivity contribution in [1.29, 1.82) is 0 Å². The Morgan fingerprint density at radius 1 is 1.00 bits per heavy atom. The highest BCUT2D eigenvalue weighted by Crippen LogP contribution is 2.28. The van der Waals surface area contributed by atoms with Gasteiger partial charge in [-0.15, -0.1) is 0 Å². The minimum atomic E-state index is -0.562. The van der Waals surface area contributed by atoms with Crippen LogP contribution >= 0.6 is 11.6 Å². The first-order valence-electron chi connectivity index (χ1n) is 7.46. The Balaban J connectivity index is 1.81. The molecule has 3 aromatic rings. The SMILES string of the molecule is O=C(c1ccccc1)c1ccc(N=Cc2cc(F)cc(Cl)c2O)cc1. The predicted molar refractivity (Wildman–Crippen MR) is 96.6 cm³/mol. The van der Waals surface area contributed by atoms with Crippen molar-refractivity contribution < 1.29 is 14.3 Å². The summed E-state index contributed by atoms with van der Waals surface area (Å²) in [4.78, 5) is 16.5. The number of benzene rings is 3. The van der Waals surface area contributed by atoms with E-state index in [-0.39, 0.29) is 22.1 Å². The Morgan fingerprint density at radius 3 is 2.32 bits per heavy atom. The van der Waals surface area contributed by atoms with Gasteiger partial charge in [0.05, 0.1) is 10.7 Å². The molecule has 0 bridgehead atoms. The van der Waals surface area contributed by atoms with Crippen LogP contribution in [0.2, 0.25) is 5.02 Å². The van der Waals surface area contributed by atoms with Crippen molar-refractivity contribution in [3.63, 3.8) is 0 Å². The molecular weight excluding hydrogens is 341 g/mol. The lowest BCUT2D eigenvalue weighted by Gasteiger charge is -2.03. The first-order valence-corrected chi connectivity index (χ1v) is 7.84. The molecule has 0 saturated carbocycles. The minimum Gasteiger partial charge on any atom is -0.506 e. The normalized spacial score (nSPS) is 11.0. The quantitative estimate of drug-likeness (QED) is 0.520. The van der Waals surface area contributed by atoms with Crippen molar-refractivity contribution in [1.82, 2.24) is 0 Å². The van der Waals surface area contributed by atoms with Crippen molar-refractivity contribution >= 4 is 29.3 Å². The molecule has 0 fully saturated rings. The Kier molecular flexibility index (Phi) is 4.91. The maximum Gasteiger partial charge on any atom is 0.193 e. The number of halogens is 2. The van der Waals surface area contributed by atoms with Gasteiger partial charge in [-0.2, -0.15) is 0 Å². The molecule has 0 atom stereocenters. The second-order valence-corrected chi connectivity index (χ2v) is 5.73. The number of phenolic OH excluding ortho intramolecular Hbond substituents is 1. The number of rotatable bonds is 4. The third kappa shape index (κ3) is 3.92. The lowest BCUT2D eigenvalue weighted by molar-refractivity contribution is 0.103. The number of nitrogens with zero attached hydrogens (tertiary/aromatic N) is 1. The fraction of sp³-hybridized carbons (Fsp3) is 0. The number of carbonyl (C=O) groups excluding carboxylic acids is 1. The molecule has 0 aromatic heterocycles. The van der Waals surface area contributed by atoms with Crippen LogP contribution in [0, 0.1) is 5.82 Å². The van der Waals surface area contributed by atoms with Crippen LogP contribution < -0.4 is 0 Å². The van der Waals surface area contributed by atoms with E-state index in [4.69, 9.17) is 11.6 Å². The molecule has 0 amide bonds. The average Bonchev–Trinajstić information content (AvgIpc) is 2.64. The number of ketones is 1. The molecule has 3 nitrogen and oxygen atoms in total. The van der Waals surface area contributed by atoms with E-state index in [2.05, 4.69) is 4.99 Å². The zero-order chi connectivity index (χ0) is 17.8. The Bertz CT molecular complexity index is 938. The molecule has 0 saturated heterocycles. The number of carbonyl (C=O) groups is 1. The van der Waals surface area contributed by atoms with Crippen molar-refractivity contribution in [2.24, 2.45) is 4.99 Å². The van der Waals surface area contributed by atoms with Gasteiger partial charge in [0.2, 0.25) is 0 Å². The molecule has 1 N–H and O–H groups in total. The Labute approximate surface area is 149 Å². The van der Waals surface area contributed by atoms with Crippen molar-refractivity contribution in [2.45, 2.75) is 0 Å². The molecule has 3 aromatic carbocycles. The summed E-state index contributed by atoms with van der Waals surface area (Å²) in [5.41, 5.74) is 1.89. The number of aromatic hydroxyl groups is 1. The van der Waals surface area contributed by atoms with Gasteiger partial charge in [0.15, 0.2) is 5.78 Å². The lowest BCUT2D eigenvalue weighted by atomic mass is 10.0. The second-order valence-electron chi connectivity index (χ2n) is 5.33. The monoisotopic (exact) mass is 353 g/mol. The summed E-state index contributed by atoms with van der Waals surface area (Å²) in [6.45, 7) is 0.